The van der Waals surface area contributed by atoms with Crippen molar-refractivity contribution in [2.45, 2.75) is 45.1 Å². The summed E-state index contributed by atoms with van der Waals surface area (Å²) >= 11 is 0. The first-order valence-corrected chi connectivity index (χ1v) is 6.53. The number of hydrogen-bond acceptors (Lipinski definition) is 3. The first-order chi connectivity index (χ1) is 8.62. The van der Waals surface area contributed by atoms with E-state index in [2.05, 4.69) is 31.2 Å². The Balaban J connectivity index is 2.90. The third-order valence-electron chi connectivity index (χ3n) is 3.42. The fourth-order valence-electron chi connectivity index (χ4n) is 2.06. The highest BCUT2D eigenvalue weighted by atomic mass is 16.5. The summed E-state index contributed by atoms with van der Waals surface area (Å²) in [5.74, 6) is -0.170. The molecule has 1 aromatic carbocycles. The molecule has 1 rings (SSSR count). The molecule has 0 bridgehead atoms. The Hall–Kier alpha value is -1.35. The molecule has 0 spiro atoms. The fourth-order valence-corrected chi connectivity index (χ4v) is 2.06. The lowest BCUT2D eigenvalue weighted by Gasteiger charge is -2.22. The highest BCUT2D eigenvalue weighted by Gasteiger charge is 2.22. The summed E-state index contributed by atoms with van der Waals surface area (Å²) in [7, 11) is 1.41. The molecule has 0 fully saturated rings. The van der Waals surface area contributed by atoms with Gasteiger partial charge < -0.3 is 10.5 Å². The lowest BCUT2D eigenvalue weighted by Crippen LogP contribution is -2.29. The molecule has 100 valence electrons. The van der Waals surface area contributed by atoms with Crippen LogP contribution in [-0.4, -0.2) is 19.1 Å². The number of rotatable bonds is 6. The minimum Gasteiger partial charge on any atom is -0.469 e. The summed E-state index contributed by atoms with van der Waals surface area (Å²) < 4.78 is 4.75. The average Bonchev–Trinajstić information content (AvgIpc) is 2.43. The Labute approximate surface area is 109 Å². The number of esters is 1. The average molecular weight is 249 g/mol. The van der Waals surface area contributed by atoms with Crippen LogP contribution >= 0.6 is 0 Å². The van der Waals surface area contributed by atoms with E-state index in [1.54, 1.807) is 0 Å². The van der Waals surface area contributed by atoms with Crippen molar-refractivity contribution in [1.82, 2.24) is 0 Å². The predicted octanol–water partition coefficient (Wildman–Crippen LogP) is 2.63. The maximum absolute atomic E-state index is 11.5. The van der Waals surface area contributed by atoms with E-state index in [1.165, 1.54) is 12.7 Å². The van der Waals surface area contributed by atoms with E-state index in [0.29, 0.717) is 6.42 Å². The number of benzene rings is 1. The molecule has 2 atom stereocenters. The topological polar surface area (TPSA) is 52.3 Å². The van der Waals surface area contributed by atoms with E-state index in [1.807, 2.05) is 6.92 Å². The van der Waals surface area contributed by atoms with Crippen LogP contribution in [0.15, 0.2) is 24.3 Å². The number of methoxy groups -OCH3 is 1. The van der Waals surface area contributed by atoms with Crippen LogP contribution < -0.4 is 5.73 Å². The fraction of sp³-hybridized carbons (Fsp3) is 0.533. The molecule has 0 aliphatic heterocycles. The summed E-state index contributed by atoms with van der Waals surface area (Å²) in [6.45, 7) is 4.16. The summed E-state index contributed by atoms with van der Waals surface area (Å²) in [4.78, 5) is 11.5. The molecule has 18 heavy (non-hydrogen) atoms. The molecule has 0 saturated heterocycles. The van der Waals surface area contributed by atoms with Gasteiger partial charge in [0.2, 0.25) is 0 Å². The van der Waals surface area contributed by atoms with Gasteiger partial charge in [0.05, 0.1) is 13.5 Å². The third-order valence-corrected chi connectivity index (χ3v) is 3.42. The van der Waals surface area contributed by atoms with E-state index in [9.17, 15) is 4.79 Å². The van der Waals surface area contributed by atoms with Gasteiger partial charge in [0.1, 0.15) is 0 Å². The number of nitrogens with two attached hydrogens (primary N) is 1. The molecule has 0 heterocycles. The van der Waals surface area contributed by atoms with Crippen LogP contribution in [0.5, 0.6) is 0 Å². The molecular weight excluding hydrogens is 226 g/mol. The maximum atomic E-state index is 11.5. The Kier molecular flexibility index (Phi) is 5.86. The van der Waals surface area contributed by atoms with Gasteiger partial charge in [-0.1, -0.05) is 38.1 Å². The predicted molar refractivity (Wildman–Crippen MR) is 73.5 cm³/mol. The molecule has 0 radical (unpaired) electrons. The van der Waals surface area contributed by atoms with Crippen LogP contribution in [0, 0.1) is 0 Å². The second-order valence-corrected chi connectivity index (χ2v) is 4.55. The number of carbonyl (C=O) groups excluding carboxylic acids is 1. The highest BCUT2D eigenvalue weighted by molar-refractivity contribution is 5.70. The zero-order chi connectivity index (χ0) is 13.5. The smallest absolute Gasteiger partial charge is 0.306 e. The molecule has 3 nitrogen and oxygen atoms in total. The first kappa shape index (κ1) is 14.7. The van der Waals surface area contributed by atoms with E-state index in [4.69, 9.17) is 10.5 Å². The number of ether oxygens (including phenoxy) is 1. The quantitative estimate of drug-likeness (QED) is 0.788. The van der Waals surface area contributed by atoms with Crippen molar-refractivity contribution in [3.05, 3.63) is 35.4 Å². The third kappa shape index (κ3) is 3.84. The highest BCUT2D eigenvalue weighted by Crippen LogP contribution is 2.25. The van der Waals surface area contributed by atoms with Gasteiger partial charge in [0, 0.05) is 12.0 Å². The molecule has 1 aromatic rings. The van der Waals surface area contributed by atoms with Gasteiger partial charge in [-0.15, -0.1) is 0 Å². The molecule has 0 amide bonds. The van der Waals surface area contributed by atoms with Crippen LogP contribution in [0.3, 0.4) is 0 Å². The Bertz CT molecular complexity index is 373. The van der Waals surface area contributed by atoms with E-state index in [-0.39, 0.29) is 17.9 Å². The zero-order valence-electron chi connectivity index (χ0n) is 11.5. The Morgan fingerprint density at radius 3 is 2.33 bits per heavy atom. The number of hydrogen-bond donors (Lipinski definition) is 1. The summed E-state index contributed by atoms with van der Waals surface area (Å²) in [5.41, 5.74) is 8.52. The molecule has 0 saturated carbocycles. The van der Waals surface area contributed by atoms with Crippen LogP contribution in [0.2, 0.25) is 0 Å². The summed E-state index contributed by atoms with van der Waals surface area (Å²) in [6.07, 6.45) is 2.20. The second kappa shape index (κ2) is 7.17. The summed E-state index contributed by atoms with van der Waals surface area (Å²) in [6, 6.07) is 8.32. The largest absolute Gasteiger partial charge is 0.469 e. The van der Waals surface area contributed by atoms with Gasteiger partial charge in [0.25, 0.3) is 0 Å². The van der Waals surface area contributed by atoms with Gasteiger partial charge in [-0.3, -0.25) is 4.79 Å². The summed E-state index contributed by atoms with van der Waals surface area (Å²) in [5, 5.41) is 0. The Morgan fingerprint density at radius 1 is 1.28 bits per heavy atom. The molecule has 0 aliphatic carbocycles. The number of aryl methyl sites for hydroxylation is 1. The molecule has 0 aromatic heterocycles. The second-order valence-electron chi connectivity index (χ2n) is 4.55. The normalized spacial score (nSPS) is 14.0. The van der Waals surface area contributed by atoms with Crippen molar-refractivity contribution < 1.29 is 9.53 Å². The molecule has 0 aliphatic rings. The lowest BCUT2D eigenvalue weighted by atomic mass is 9.87. The molecule has 2 N–H and O–H groups in total. The van der Waals surface area contributed by atoms with Crippen molar-refractivity contribution >= 4 is 5.97 Å². The molecular formula is C15H23NO2. The number of carbonyl (C=O) groups is 1. The van der Waals surface area contributed by atoms with E-state index in [0.717, 1.165) is 18.4 Å². The minimum atomic E-state index is -0.205. The van der Waals surface area contributed by atoms with Crippen molar-refractivity contribution in [1.29, 1.82) is 0 Å². The van der Waals surface area contributed by atoms with Gasteiger partial charge in [-0.25, -0.2) is 0 Å². The van der Waals surface area contributed by atoms with Gasteiger partial charge in [-0.05, 0) is 24.0 Å². The van der Waals surface area contributed by atoms with Crippen LogP contribution in [0.1, 0.15) is 43.7 Å². The van der Waals surface area contributed by atoms with Crippen LogP contribution in [0.4, 0.5) is 0 Å². The first-order valence-electron chi connectivity index (χ1n) is 6.53. The van der Waals surface area contributed by atoms with Gasteiger partial charge in [0.15, 0.2) is 0 Å². The maximum Gasteiger partial charge on any atom is 0.306 e. The van der Waals surface area contributed by atoms with E-state index >= 15 is 0 Å². The zero-order valence-corrected chi connectivity index (χ0v) is 11.5. The Morgan fingerprint density at radius 2 is 1.89 bits per heavy atom. The van der Waals surface area contributed by atoms with Crippen molar-refractivity contribution in [3.8, 4) is 0 Å². The van der Waals surface area contributed by atoms with Gasteiger partial charge >= 0.3 is 5.97 Å². The van der Waals surface area contributed by atoms with Crippen molar-refractivity contribution in [2.24, 2.45) is 5.73 Å². The standard InChI is InChI=1S/C15H23NO2/c1-4-11-6-8-12(9-7-11)13(14(16)5-2)10-15(17)18-3/h6-9,13-14H,4-5,10,16H2,1-3H3. The van der Waals surface area contributed by atoms with Gasteiger partial charge in [-0.2, -0.15) is 0 Å². The minimum absolute atomic E-state index is 0.0171. The van der Waals surface area contributed by atoms with Crippen molar-refractivity contribution in [2.75, 3.05) is 7.11 Å². The monoisotopic (exact) mass is 249 g/mol. The SMILES string of the molecule is CCc1ccc(C(CC(=O)OC)C(N)CC)cc1. The molecule has 2 unspecified atom stereocenters. The van der Waals surface area contributed by atoms with E-state index < -0.39 is 0 Å². The van der Waals surface area contributed by atoms with Crippen LogP contribution in [-0.2, 0) is 16.0 Å². The van der Waals surface area contributed by atoms with Crippen LogP contribution in [0.25, 0.3) is 0 Å². The lowest BCUT2D eigenvalue weighted by molar-refractivity contribution is -0.141. The molecule has 3 heteroatoms. The van der Waals surface area contributed by atoms with Crippen molar-refractivity contribution in [3.63, 3.8) is 0 Å².